The maximum atomic E-state index is 12.5. The number of aromatic carboxylic acids is 1. The van der Waals surface area contributed by atoms with Crippen LogP contribution in [0.4, 0.5) is 0 Å². The molecule has 1 atom stereocenters. The third kappa shape index (κ3) is 4.84. The van der Waals surface area contributed by atoms with Crippen LogP contribution in [0.3, 0.4) is 0 Å². The number of Topliss-reactive ketones (excluding diaryl/α,β-unsaturated/α-hetero) is 1. The van der Waals surface area contributed by atoms with Gasteiger partial charge in [-0.2, -0.15) is 0 Å². The van der Waals surface area contributed by atoms with Crippen LogP contribution in [0.5, 0.6) is 0 Å². The van der Waals surface area contributed by atoms with Gasteiger partial charge in [-0.15, -0.1) is 0 Å². The van der Waals surface area contributed by atoms with Gasteiger partial charge in [0.25, 0.3) is 0 Å². The number of carboxylic acid groups (broad SMARTS) is 1. The number of pyridine rings is 1. The third-order valence-electron chi connectivity index (χ3n) is 7.00. The number of carbonyl (C=O) groups excluding carboxylic acids is 1. The average molecular weight is 516 g/mol. The second-order valence-electron chi connectivity index (χ2n) is 9.70. The molecule has 0 saturated heterocycles. The lowest BCUT2D eigenvalue weighted by Crippen LogP contribution is -2.13. The van der Waals surface area contributed by atoms with Gasteiger partial charge in [-0.3, -0.25) is 9.78 Å². The van der Waals surface area contributed by atoms with Crippen molar-refractivity contribution in [3.8, 4) is 11.1 Å². The van der Waals surface area contributed by atoms with E-state index in [4.69, 9.17) is 10.7 Å². The Hall–Kier alpha value is -4.97. The van der Waals surface area contributed by atoms with E-state index in [2.05, 4.69) is 22.9 Å². The summed E-state index contributed by atoms with van der Waals surface area (Å²) in [5.41, 5.74) is 13.5. The van der Waals surface area contributed by atoms with Gasteiger partial charge in [-0.25, -0.2) is 4.79 Å². The van der Waals surface area contributed by atoms with E-state index in [9.17, 15) is 14.7 Å². The summed E-state index contributed by atoms with van der Waals surface area (Å²) in [6, 6.07) is 27.1. The number of hydrogen-bond acceptors (Lipinski definition) is 4. The summed E-state index contributed by atoms with van der Waals surface area (Å²) in [5, 5.41) is 10.5. The standard InChI is InChI=1S/C33H29N3O3/c1-20-17-24(12-14-26(20)33(38)39)28-19-36(30-18-25(13-15-27(28)30)31(21(2)34)22(3)37)32(23-9-5-4-6-10-23)29-11-7-8-16-35-29/h4-19,32H,34H2,1-3H3,(H,38,39). The number of carbonyl (C=O) groups is 2. The van der Waals surface area contributed by atoms with Crippen LogP contribution in [-0.2, 0) is 4.79 Å². The lowest BCUT2D eigenvalue weighted by Gasteiger charge is -2.21. The molecule has 0 aliphatic carbocycles. The van der Waals surface area contributed by atoms with Crippen LogP contribution in [0.15, 0.2) is 103 Å². The first-order chi connectivity index (χ1) is 18.8. The Morgan fingerprint density at radius 2 is 1.67 bits per heavy atom. The Balaban J connectivity index is 1.84. The monoisotopic (exact) mass is 515 g/mol. The minimum Gasteiger partial charge on any atom is -0.478 e. The fraction of sp³-hybridized carbons (Fsp3) is 0.121. The minimum atomic E-state index is -0.953. The lowest BCUT2D eigenvalue weighted by molar-refractivity contribution is -0.111. The van der Waals surface area contributed by atoms with Crippen molar-refractivity contribution in [1.82, 2.24) is 9.55 Å². The number of nitrogens with zero attached hydrogens (tertiary/aromatic N) is 2. The maximum Gasteiger partial charge on any atom is 0.335 e. The van der Waals surface area contributed by atoms with Gasteiger partial charge in [0.1, 0.15) is 6.04 Å². The first-order valence-electron chi connectivity index (χ1n) is 12.7. The van der Waals surface area contributed by atoms with E-state index in [1.54, 1.807) is 26.1 Å². The van der Waals surface area contributed by atoms with Gasteiger partial charge in [-0.05, 0) is 67.3 Å². The molecule has 3 N–H and O–H groups in total. The summed E-state index contributed by atoms with van der Waals surface area (Å²) in [7, 11) is 0. The Morgan fingerprint density at radius 1 is 0.923 bits per heavy atom. The number of hydrogen-bond donors (Lipinski definition) is 2. The first kappa shape index (κ1) is 25.7. The van der Waals surface area contributed by atoms with Crippen molar-refractivity contribution in [1.29, 1.82) is 0 Å². The minimum absolute atomic E-state index is 0.100. The molecule has 1 unspecified atom stereocenters. The zero-order valence-electron chi connectivity index (χ0n) is 22.1. The van der Waals surface area contributed by atoms with Crippen LogP contribution in [0.1, 0.15) is 52.6 Å². The molecule has 2 heterocycles. The van der Waals surface area contributed by atoms with Crippen molar-refractivity contribution in [2.75, 3.05) is 0 Å². The van der Waals surface area contributed by atoms with Crippen molar-refractivity contribution in [2.24, 2.45) is 5.73 Å². The summed E-state index contributed by atoms with van der Waals surface area (Å²) in [6.07, 6.45) is 3.87. The predicted molar refractivity (Wildman–Crippen MR) is 154 cm³/mol. The number of aryl methyl sites for hydroxylation is 1. The molecule has 0 fully saturated rings. The second kappa shape index (κ2) is 10.4. The molecule has 5 aromatic rings. The fourth-order valence-corrected chi connectivity index (χ4v) is 5.28. The Labute approximate surface area is 227 Å². The highest BCUT2D eigenvalue weighted by Crippen LogP contribution is 2.38. The number of aromatic nitrogens is 2. The molecule has 6 heteroatoms. The quantitative estimate of drug-likeness (QED) is 0.237. The van der Waals surface area contributed by atoms with Crippen LogP contribution in [0, 0.1) is 6.92 Å². The van der Waals surface area contributed by atoms with E-state index in [-0.39, 0.29) is 17.4 Å². The SMILES string of the molecule is CC(=O)C(=C(C)N)c1ccc2c(-c3ccc(C(=O)O)c(C)c3)cn(C(c3ccccc3)c3ccccn3)c2c1. The molecule has 194 valence electrons. The van der Waals surface area contributed by atoms with Gasteiger partial charge in [0.2, 0.25) is 0 Å². The molecule has 0 spiro atoms. The van der Waals surface area contributed by atoms with Gasteiger partial charge in [-0.1, -0.05) is 60.7 Å². The summed E-state index contributed by atoms with van der Waals surface area (Å²) in [5.74, 6) is -1.05. The Bertz CT molecular complexity index is 1690. The molecular formula is C33H29N3O3. The number of ketones is 1. The molecule has 0 aliphatic heterocycles. The van der Waals surface area contributed by atoms with Gasteiger partial charge < -0.3 is 15.4 Å². The maximum absolute atomic E-state index is 12.5. The highest BCUT2D eigenvalue weighted by Gasteiger charge is 2.23. The van der Waals surface area contributed by atoms with Gasteiger partial charge >= 0.3 is 5.97 Å². The van der Waals surface area contributed by atoms with Gasteiger partial charge in [0.15, 0.2) is 5.78 Å². The number of fused-ring (bicyclic) bond motifs is 1. The average Bonchev–Trinajstić information content (AvgIpc) is 3.28. The molecule has 6 nitrogen and oxygen atoms in total. The molecule has 3 aromatic carbocycles. The summed E-state index contributed by atoms with van der Waals surface area (Å²) in [6.45, 7) is 5.06. The van der Waals surface area contributed by atoms with E-state index in [1.165, 1.54) is 6.92 Å². The highest BCUT2D eigenvalue weighted by atomic mass is 16.4. The predicted octanol–water partition coefficient (Wildman–Crippen LogP) is 6.63. The van der Waals surface area contributed by atoms with Crippen LogP contribution < -0.4 is 5.73 Å². The summed E-state index contributed by atoms with van der Waals surface area (Å²) >= 11 is 0. The largest absolute Gasteiger partial charge is 0.478 e. The normalized spacial score (nSPS) is 12.7. The van der Waals surface area contributed by atoms with E-state index in [1.807, 2.05) is 66.7 Å². The van der Waals surface area contributed by atoms with Crippen LogP contribution in [0.2, 0.25) is 0 Å². The number of allylic oxidation sites excluding steroid dienone is 2. The summed E-state index contributed by atoms with van der Waals surface area (Å²) < 4.78 is 2.18. The van der Waals surface area contributed by atoms with E-state index in [0.717, 1.165) is 38.9 Å². The van der Waals surface area contributed by atoms with E-state index >= 15 is 0 Å². The second-order valence-corrected chi connectivity index (χ2v) is 9.70. The highest BCUT2D eigenvalue weighted by molar-refractivity contribution is 6.21. The molecule has 0 saturated carbocycles. The smallest absolute Gasteiger partial charge is 0.335 e. The van der Waals surface area contributed by atoms with Crippen LogP contribution >= 0.6 is 0 Å². The van der Waals surface area contributed by atoms with Crippen LogP contribution in [-0.4, -0.2) is 26.4 Å². The van der Waals surface area contributed by atoms with Crippen molar-refractivity contribution in [3.63, 3.8) is 0 Å². The molecule has 39 heavy (non-hydrogen) atoms. The third-order valence-corrected chi connectivity index (χ3v) is 7.00. The molecule has 0 bridgehead atoms. The molecule has 5 rings (SSSR count). The van der Waals surface area contributed by atoms with Crippen molar-refractivity contribution in [2.45, 2.75) is 26.8 Å². The first-order valence-corrected chi connectivity index (χ1v) is 12.7. The van der Waals surface area contributed by atoms with Crippen molar-refractivity contribution < 1.29 is 14.7 Å². The molecule has 0 aliphatic rings. The molecule has 0 radical (unpaired) electrons. The molecular weight excluding hydrogens is 486 g/mol. The van der Waals surface area contributed by atoms with E-state index < -0.39 is 5.97 Å². The Kier molecular flexibility index (Phi) is 6.86. The number of rotatable bonds is 7. The van der Waals surface area contributed by atoms with Gasteiger partial charge in [0, 0.05) is 34.6 Å². The van der Waals surface area contributed by atoms with Gasteiger partial charge in [0.05, 0.1) is 16.8 Å². The van der Waals surface area contributed by atoms with Crippen molar-refractivity contribution in [3.05, 3.63) is 131 Å². The summed E-state index contributed by atoms with van der Waals surface area (Å²) in [4.78, 5) is 28.9. The molecule has 2 aromatic heterocycles. The van der Waals surface area contributed by atoms with Crippen molar-refractivity contribution >= 4 is 28.2 Å². The number of carboxylic acids is 1. The lowest BCUT2D eigenvalue weighted by atomic mass is 9.96. The number of benzene rings is 3. The topological polar surface area (TPSA) is 98.2 Å². The van der Waals surface area contributed by atoms with E-state index in [0.29, 0.717) is 16.8 Å². The Morgan fingerprint density at radius 3 is 2.28 bits per heavy atom. The zero-order chi connectivity index (χ0) is 27.7. The van der Waals surface area contributed by atoms with Crippen LogP contribution in [0.25, 0.3) is 27.6 Å². The molecule has 0 amide bonds. The number of nitrogens with two attached hydrogens (primary N) is 1. The zero-order valence-corrected chi connectivity index (χ0v) is 22.1. The fourth-order valence-electron chi connectivity index (χ4n) is 5.28.